The highest BCUT2D eigenvalue weighted by molar-refractivity contribution is 7.15. The first-order valence-corrected chi connectivity index (χ1v) is 5.59. The number of hydrogen-bond donors (Lipinski definition) is 2. The van der Waals surface area contributed by atoms with Crippen LogP contribution >= 0.6 is 11.3 Å². The molecule has 0 saturated heterocycles. The average Bonchev–Trinajstić information content (AvgIpc) is 2.75. The van der Waals surface area contributed by atoms with E-state index in [1.807, 2.05) is 0 Å². The van der Waals surface area contributed by atoms with Crippen LogP contribution in [0.5, 0.6) is 5.75 Å². The molecule has 7 heteroatoms. The average molecular weight is 250 g/mol. The molecule has 0 aromatic carbocycles. The molecule has 0 aliphatic carbocycles. The van der Waals surface area contributed by atoms with Gasteiger partial charge in [-0.05, 0) is 12.1 Å². The number of nitrogens with zero attached hydrogens (tertiary/aromatic N) is 2. The zero-order valence-corrected chi connectivity index (χ0v) is 9.61. The van der Waals surface area contributed by atoms with Crippen LogP contribution in [0.1, 0.15) is 4.88 Å². The lowest BCUT2D eigenvalue weighted by Crippen LogP contribution is -2.18. The van der Waals surface area contributed by atoms with Crippen molar-refractivity contribution in [1.82, 2.24) is 9.97 Å². The fraction of sp³-hybridized carbons (Fsp3) is 0.100. The van der Waals surface area contributed by atoms with E-state index in [0.717, 1.165) is 10.6 Å². The molecular weight excluding hydrogens is 240 g/mol. The van der Waals surface area contributed by atoms with E-state index in [1.165, 1.54) is 11.3 Å². The van der Waals surface area contributed by atoms with Gasteiger partial charge in [-0.1, -0.05) is 11.3 Å². The van der Waals surface area contributed by atoms with Crippen LogP contribution in [0.4, 0.5) is 9.93 Å². The Morgan fingerprint density at radius 3 is 2.94 bits per heavy atom. The van der Waals surface area contributed by atoms with Gasteiger partial charge in [0.15, 0.2) is 5.13 Å². The summed E-state index contributed by atoms with van der Waals surface area (Å²) in [6.07, 6.45) is 4.95. The van der Waals surface area contributed by atoms with E-state index in [-0.39, 0.29) is 0 Å². The number of hydrogen-bond acceptors (Lipinski definition) is 5. The Balaban J connectivity index is 1.91. The summed E-state index contributed by atoms with van der Waals surface area (Å²) in [5, 5.41) is 2.87. The Bertz CT molecular complexity index is 500. The van der Waals surface area contributed by atoms with Gasteiger partial charge in [-0.2, -0.15) is 0 Å². The summed E-state index contributed by atoms with van der Waals surface area (Å²) < 4.78 is 5.50. The van der Waals surface area contributed by atoms with Crippen molar-refractivity contribution >= 4 is 22.5 Å². The van der Waals surface area contributed by atoms with Crippen LogP contribution in [-0.2, 0) is 6.61 Å². The Labute approximate surface area is 101 Å². The van der Waals surface area contributed by atoms with Crippen LogP contribution in [-0.4, -0.2) is 16.0 Å². The fourth-order valence-electron chi connectivity index (χ4n) is 1.13. The highest BCUT2D eigenvalue weighted by Crippen LogP contribution is 2.19. The summed E-state index contributed by atoms with van der Waals surface area (Å²) in [4.78, 5) is 19.4. The zero-order chi connectivity index (χ0) is 12.1. The number of carbonyl (C=O) groups is 1. The fourth-order valence-corrected chi connectivity index (χ4v) is 1.85. The molecule has 0 radical (unpaired) electrons. The lowest BCUT2D eigenvalue weighted by molar-refractivity contribution is 0.259. The number of aromatic nitrogens is 2. The number of nitrogens with two attached hydrogens (primary N) is 1. The van der Waals surface area contributed by atoms with Crippen LogP contribution in [0.25, 0.3) is 0 Å². The number of urea groups is 1. The van der Waals surface area contributed by atoms with Gasteiger partial charge in [0.2, 0.25) is 0 Å². The van der Waals surface area contributed by atoms with E-state index in [4.69, 9.17) is 10.5 Å². The highest BCUT2D eigenvalue weighted by atomic mass is 32.1. The number of carbonyl (C=O) groups excluding carboxylic acids is 1. The van der Waals surface area contributed by atoms with Crippen LogP contribution in [0, 0.1) is 0 Å². The van der Waals surface area contributed by atoms with Gasteiger partial charge in [0, 0.05) is 18.6 Å². The number of nitrogens with one attached hydrogen (secondary N) is 1. The number of amides is 2. The quantitative estimate of drug-likeness (QED) is 0.862. The third-order valence-electron chi connectivity index (χ3n) is 1.81. The van der Waals surface area contributed by atoms with Crippen molar-refractivity contribution in [3.8, 4) is 5.75 Å². The molecule has 0 saturated carbocycles. The van der Waals surface area contributed by atoms with Crippen molar-refractivity contribution in [1.29, 1.82) is 0 Å². The minimum absolute atomic E-state index is 0.391. The van der Waals surface area contributed by atoms with Crippen molar-refractivity contribution in [2.45, 2.75) is 6.61 Å². The van der Waals surface area contributed by atoms with E-state index in [1.54, 1.807) is 30.7 Å². The van der Waals surface area contributed by atoms with E-state index in [2.05, 4.69) is 15.3 Å². The van der Waals surface area contributed by atoms with Gasteiger partial charge in [-0.15, -0.1) is 0 Å². The molecule has 0 atom stereocenters. The van der Waals surface area contributed by atoms with E-state index >= 15 is 0 Å². The molecule has 0 aliphatic heterocycles. The lowest BCUT2D eigenvalue weighted by atomic mass is 10.4. The summed E-state index contributed by atoms with van der Waals surface area (Å²) in [5.74, 6) is 0.734. The Morgan fingerprint density at radius 1 is 1.47 bits per heavy atom. The highest BCUT2D eigenvalue weighted by Gasteiger charge is 2.04. The number of rotatable bonds is 4. The summed E-state index contributed by atoms with van der Waals surface area (Å²) in [7, 11) is 0. The number of ether oxygens (including phenoxy) is 1. The van der Waals surface area contributed by atoms with Gasteiger partial charge in [-0.25, -0.2) is 9.78 Å². The predicted octanol–water partition coefficient (Wildman–Crippen LogP) is 1.61. The summed E-state index contributed by atoms with van der Waals surface area (Å²) in [6.45, 7) is 0.391. The molecule has 2 rings (SSSR count). The van der Waals surface area contributed by atoms with Crippen molar-refractivity contribution in [2.75, 3.05) is 5.32 Å². The standard InChI is InChI=1S/C10H10N4O2S/c11-9(15)14-10-13-5-8(17-10)6-16-7-1-3-12-4-2-7/h1-5H,6H2,(H3,11,13,14,15). The normalized spacial score (nSPS) is 9.88. The molecule has 2 heterocycles. The first kappa shape index (κ1) is 11.3. The van der Waals surface area contributed by atoms with E-state index in [9.17, 15) is 4.79 Å². The van der Waals surface area contributed by atoms with Gasteiger partial charge in [0.1, 0.15) is 12.4 Å². The molecule has 2 aromatic rings. The third kappa shape index (κ3) is 3.42. The molecule has 0 fully saturated rings. The molecular formula is C10H10N4O2S. The largest absolute Gasteiger partial charge is 0.488 e. The number of pyridine rings is 1. The van der Waals surface area contributed by atoms with Gasteiger partial charge in [0.25, 0.3) is 0 Å². The molecule has 3 N–H and O–H groups in total. The lowest BCUT2D eigenvalue weighted by Gasteiger charge is -2.02. The number of primary amides is 1. The molecule has 2 amide bonds. The van der Waals surface area contributed by atoms with Gasteiger partial charge in [0.05, 0.1) is 4.88 Å². The molecule has 6 nitrogen and oxygen atoms in total. The molecule has 17 heavy (non-hydrogen) atoms. The maximum absolute atomic E-state index is 10.6. The summed E-state index contributed by atoms with van der Waals surface area (Å²) in [5.41, 5.74) is 4.98. The predicted molar refractivity (Wildman–Crippen MR) is 63.9 cm³/mol. The maximum Gasteiger partial charge on any atom is 0.318 e. The number of anilines is 1. The molecule has 88 valence electrons. The van der Waals surface area contributed by atoms with Crippen molar-refractivity contribution in [3.05, 3.63) is 35.6 Å². The Kier molecular flexibility index (Phi) is 3.51. The minimum atomic E-state index is -0.624. The maximum atomic E-state index is 10.6. The summed E-state index contributed by atoms with van der Waals surface area (Å²) >= 11 is 1.32. The van der Waals surface area contributed by atoms with Crippen LogP contribution in [0.3, 0.4) is 0 Å². The van der Waals surface area contributed by atoms with Gasteiger partial charge >= 0.3 is 6.03 Å². The molecule has 0 bridgehead atoms. The number of thiazole rings is 1. The first-order chi connectivity index (χ1) is 8.24. The Morgan fingerprint density at radius 2 is 2.24 bits per heavy atom. The second kappa shape index (κ2) is 5.26. The zero-order valence-electron chi connectivity index (χ0n) is 8.79. The first-order valence-electron chi connectivity index (χ1n) is 4.78. The van der Waals surface area contributed by atoms with Crippen molar-refractivity contribution in [3.63, 3.8) is 0 Å². The topological polar surface area (TPSA) is 90.1 Å². The molecule has 2 aromatic heterocycles. The van der Waals surface area contributed by atoms with Crippen molar-refractivity contribution in [2.24, 2.45) is 5.73 Å². The van der Waals surface area contributed by atoms with Crippen molar-refractivity contribution < 1.29 is 9.53 Å². The van der Waals surface area contributed by atoms with E-state index < -0.39 is 6.03 Å². The third-order valence-corrected chi connectivity index (χ3v) is 2.70. The van der Waals surface area contributed by atoms with Crippen LogP contribution < -0.4 is 15.8 Å². The Hall–Kier alpha value is -2.15. The smallest absolute Gasteiger partial charge is 0.318 e. The van der Waals surface area contributed by atoms with Crippen LogP contribution in [0.15, 0.2) is 30.7 Å². The second-order valence-electron chi connectivity index (χ2n) is 3.09. The molecule has 0 spiro atoms. The minimum Gasteiger partial charge on any atom is -0.488 e. The summed E-state index contributed by atoms with van der Waals surface area (Å²) in [6, 6.07) is 2.91. The molecule has 0 aliphatic rings. The molecule has 0 unspecified atom stereocenters. The second-order valence-corrected chi connectivity index (χ2v) is 4.21. The van der Waals surface area contributed by atoms with Gasteiger partial charge < -0.3 is 10.5 Å². The van der Waals surface area contributed by atoms with Crippen LogP contribution in [0.2, 0.25) is 0 Å². The van der Waals surface area contributed by atoms with E-state index in [0.29, 0.717) is 11.7 Å². The SMILES string of the molecule is NC(=O)Nc1ncc(COc2ccncc2)s1. The monoisotopic (exact) mass is 250 g/mol. The van der Waals surface area contributed by atoms with Gasteiger partial charge in [-0.3, -0.25) is 10.3 Å².